The number of nitro benzene ring substituents is 1. The third-order valence-electron chi connectivity index (χ3n) is 4.52. The third kappa shape index (κ3) is 3.29. The van der Waals surface area contributed by atoms with Crippen LogP contribution in [-0.2, 0) is 6.54 Å². The fraction of sp³-hybridized carbons (Fsp3) is 0.211. The minimum Gasteiger partial charge on any atom is -0.368 e. The molecule has 0 fully saturated rings. The molecule has 2 aliphatic heterocycles. The molecular weight excluding hydrogens is 330 g/mol. The van der Waals surface area contributed by atoms with Crippen molar-refractivity contribution in [3.63, 3.8) is 0 Å². The normalized spacial score (nSPS) is 17.0. The zero-order valence-corrected chi connectivity index (χ0v) is 14.2. The van der Waals surface area contributed by atoms with Gasteiger partial charge in [-0.1, -0.05) is 18.2 Å². The Morgan fingerprint density at radius 1 is 1.23 bits per heavy atom. The first-order valence-electron chi connectivity index (χ1n) is 8.47. The van der Waals surface area contributed by atoms with E-state index in [0.717, 1.165) is 31.1 Å². The minimum atomic E-state index is -0.355. The summed E-state index contributed by atoms with van der Waals surface area (Å²) in [5, 5.41) is 14.6. The highest BCUT2D eigenvalue weighted by Crippen LogP contribution is 2.29. The van der Waals surface area contributed by atoms with Crippen molar-refractivity contribution in [2.24, 2.45) is 0 Å². The molecule has 0 saturated carbocycles. The Labute approximate surface area is 151 Å². The topological polar surface area (TPSA) is 74.5 Å². The second-order valence-corrected chi connectivity index (χ2v) is 6.35. The summed E-state index contributed by atoms with van der Waals surface area (Å²) in [5.41, 5.74) is 3.29. The number of nitrogens with zero attached hydrogens (tertiary/aromatic N) is 4. The van der Waals surface area contributed by atoms with Gasteiger partial charge in [-0.25, -0.2) is 0 Å². The van der Waals surface area contributed by atoms with Crippen LogP contribution in [0.5, 0.6) is 0 Å². The lowest BCUT2D eigenvalue weighted by Gasteiger charge is -2.40. The molecule has 0 saturated heterocycles. The van der Waals surface area contributed by atoms with Gasteiger partial charge >= 0.3 is 0 Å². The number of pyridine rings is 1. The molecule has 0 bridgehead atoms. The predicted molar refractivity (Wildman–Crippen MR) is 99.3 cm³/mol. The SMILES string of the molecule is O=[N+]([O-])c1cccc(N2CN(Cc3ccncc3)CC3=C2NCC=C3)c1. The van der Waals surface area contributed by atoms with Crippen molar-refractivity contribution in [3.8, 4) is 0 Å². The number of benzene rings is 1. The monoisotopic (exact) mass is 349 g/mol. The van der Waals surface area contributed by atoms with Gasteiger partial charge in [0, 0.05) is 49.7 Å². The predicted octanol–water partition coefficient (Wildman–Crippen LogP) is 2.64. The highest BCUT2D eigenvalue weighted by atomic mass is 16.6. The summed E-state index contributed by atoms with van der Waals surface area (Å²) in [6.07, 6.45) is 7.82. The Morgan fingerprint density at radius 2 is 2.08 bits per heavy atom. The Bertz CT molecular complexity index is 879. The van der Waals surface area contributed by atoms with Gasteiger partial charge in [0.1, 0.15) is 5.82 Å². The van der Waals surface area contributed by atoms with Gasteiger partial charge in [-0.3, -0.25) is 20.0 Å². The van der Waals surface area contributed by atoms with Crippen molar-refractivity contribution in [2.45, 2.75) is 6.54 Å². The van der Waals surface area contributed by atoms with E-state index in [1.807, 2.05) is 18.2 Å². The Kier molecular flexibility index (Phi) is 4.37. The van der Waals surface area contributed by atoms with Crippen LogP contribution in [0.2, 0.25) is 0 Å². The number of aromatic nitrogens is 1. The Hall–Kier alpha value is -3.19. The highest BCUT2D eigenvalue weighted by Gasteiger charge is 2.27. The molecule has 2 aromatic rings. The van der Waals surface area contributed by atoms with Crippen molar-refractivity contribution in [1.82, 2.24) is 15.2 Å². The summed E-state index contributed by atoms with van der Waals surface area (Å²) in [6, 6.07) is 10.8. The molecule has 0 aliphatic carbocycles. The number of dihydropyridines is 1. The van der Waals surface area contributed by atoms with Crippen molar-refractivity contribution >= 4 is 11.4 Å². The molecule has 3 heterocycles. The van der Waals surface area contributed by atoms with E-state index < -0.39 is 0 Å². The average Bonchev–Trinajstić information content (AvgIpc) is 2.68. The van der Waals surface area contributed by atoms with Crippen LogP contribution < -0.4 is 10.2 Å². The lowest BCUT2D eigenvalue weighted by Crippen LogP contribution is -2.48. The second kappa shape index (κ2) is 6.97. The van der Waals surface area contributed by atoms with Gasteiger partial charge in [-0.15, -0.1) is 0 Å². The molecule has 1 N–H and O–H groups in total. The molecule has 0 radical (unpaired) electrons. The molecule has 0 spiro atoms. The fourth-order valence-electron chi connectivity index (χ4n) is 3.34. The number of hydrogen-bond donors (Lipinski definition) is 1. The summed E-state index contributed by atoms with van der Waals surface area (Å²) in [6.45, 7) is 3.03. The summed E-state index contributed by atoms with van der Waals surface area (Å²) in [5.74, 6) is 1.03. The van der Waals surface area contributed by atoms with E-state index in [4.69, 9.17) is 0 Å². The van der Waals surface area contributed by atoms with E-state index in [1.54, 1.807) is 24.5 Å². The smallest absolute Gasteiger partial charge is 0.271 e. The van der Waals surface area contributed by atoms with E-state index >= 15 is 0 Å². The van der Waals surface area contributed by atoms with E-state index in [-0.39, 0.29) is 10.6 Å². The summed E-state index contributed by atoms with van der Waals surface area (Å²) >= 11 is 0. The number of rotatable bonds is 4. The van der Waals surface area contributed by atoms with E-state index in [1.165, 1.54) is 17.2 Å². The molecule has 0 atom stereocenters. The Morgan fingerprint density at radius 3 is 2.88 bits per heavy atom. The van der Waals surface area contributed by atoms with Gasteiger partial charge in [-0.2, -0.15) is 0 Å². The summed E-state index contributed by atoms with van der Waals surface area (Å²) < 4.78 is 0. The van der Waals surface area contributed by atoms with Gasteiger partial charge in [0.05, 0.1) is 17.3 Å². The van der Waals surface area contributed by atoms with Crippen molar-refractivity contribution < 1.29 is 4.92 Å². The number of non-ortho nitro benzene ring substituents is 1. The van der Waals surface area contributed by atoms with Gasteiger partial charge in [0.2, 0.25) is 0 Å². The molecule has 0 amide bonds. The minimum absolute atomic E-state index is 0.0993. The third-order valence-corrected chi connectivity index (χ3v) is 4.52. The summed E-state index contributed by atoms with van der Waals surface area (Å²) in [4.78, 5) is 19.3. The number of nitro groups is 1. The van der Waals surface area contributed by atoms with Crippen LogP contribution in [0.15, 0.2) is 72.3 Å². The fourth-order valence-corrected chi connectivity index (χ4v) is 3.34. The lowest BCUT2D eigenvalue weighted by molar-refractivity contribution is -0.384. The molecule has 0 unspecified atom stereocenters. The maximum atomic E-state index is 11.2. The summed E-state index contributed by atoms with van der Waals surface area (Å²) in [7, 11) is 0. The molecule has 1 aromatic heterocycles. The number of hydrogen-bond acceptors (Lipinski definition) is 6. The molecule has 26 heavy (non-hydrogen) atoms. The quantitative estimate of drug-likeness (QED) is 0.676. The number of anilines is 1. The van der Waals surface area contributed by atoms with Crippen molar-refractivity contribution in [1.29, 1.82) is 0 Å². The van der Waals surface area contributed by atoms with Crippen molar-refractivity contribution in [3.05, 3.63) is 88.0 Å². The highest BCUT2D eigenvalue weighted by molar-refractivity contribution is 5.59. The maximum absolute atomic E-state index is 11.2. The van der Waals surface area contributed by atoms with Gasteiger partial charge in [0.25, 0.3) is 5.69 Å². The van der Waals surface area contributed by atoms with E-state index in [2.05, 4.69) is 32.3 Å². The molecule has 7 nitrogen and oxygen atoms in total. The van der Waals surface area contributed by atoms with Crippen LogP contribution in [0.4, 0.5) is 11.4 Å². The first-order valence-corrected chi connectivity index (χ1v) is 8.47. The maximum Gasteiger partial charge on any atom is 0.271 e. The molecule has 4 rings (SSSR count). The first-order chi connectivity index (χ1) is 12.7. The van der Waals surface area contributed by atoms with Crippen LogP contribution in [0.1, 0.15) is 5.56 Å². The molecule has 2 aliphatic rings. The van der Waals surface area contributed by atoms with Crippen LogP contribution in [0, 0.1) is 10.1 Å². The van der Waals surface area contributed by atoms with Gasteiger partial charge in [-0.05, 0) is 23.8 Å². The molecule has 7 heteroatoms. The van der Waals surface area contributed by atoms with Crippen LogP contribution in [0.3, 0.4) is 0 Å². The van der Waals surface area contributed by atoms with Crippen LogP contribution in [0.25, 0.3) is 0 Å². The van der Waals surface area contributed by atoms with Gasteiger partial charge in [0.15, 0.2) is 0 Å². The van der Waals surface area contributed by atoms with E-state index in [9.17, 15) is 10.1 Å². The van der Waals surface area contributed by atoms with Crippen LogP contribution in [-0.4, -0.2) is 34.6 Å². The van der Waals surface area contributed by atoms with Gasteiger partial charge < -0.3 is 10.2 Å². The standard InChI is InChI=1S/C19H19N5O2/c25-24(26)18-5-1-4-17(11-18)23-14-22(12-15-6-9-20-10-7-15)13-16-3-2-8-21-19(16)23/h1-7,9-11,21H,8,12-14H2. The first kappa shape index (κ1) is 16.3. The largest absolute Gasteiger partial charge is 0.368 e. The number of nitrogens with one attached hydrogen (secondary N) is 1. The van der Waals surface area contributed by atoms with Crippen LogP contribution >= 0.6 is 0 Å². The van der Waals surface area contributed by atoms with E-state index in [0.29, 0.717) is 6.67 Å². The average molecular weight is 349 g/mol. The zero-order valence-electron chi connectivity index (χ0n) is 14.2. The second-order valence-electron chi connectivity index (χ2n) is 6.35. The zero-order chi connectivity index (χ0) is 17.9. The molecule has 1 aromatic carbocycles. The Balaban J connectivity index is 1.66. The lowest BCUT2D eigenvalue weighted by atomic mass is 10.1. The van der Waals surface area contributed by atoms with Crippen molar-refractivity contribution in [2.75, 3.05) is 24.7 Å². The molecule has 132 valence electrons. The molecular formula is C19H19N5O2.